The second-order valence-corrected chi connectivity index (χ2v) is 5.24. The number of amides is 1. The van der Waals surface area contributed by atoms with Crippen LogP contribution in [0.3, 0.4) is 0 Å². The number of aliphatic hydroxyl groups is 1. The van der Waals surface area contributed by atoms with Crippen molar-refractivity contribution < 1.29 is 14.8 Å². The van der Waals surface area contributed by atoms with Gasteiger partial charge in [0.1, 0.15) is 5.76 Å². The molecule has 6 nitrogen and oxygen atoms in total. The van der Waals surface area contributed by atoms with Crippen LogP contribution in [0.25, 0.3) is 5.57 Å². The number of nitrogens with zero attached hydrogens (tertiary/aromatic N) is 2. The molecule has 0 fully saturated rings. The van der Waals surface area contributed by atoms with Gasteiger partial charge in [-0.1, -0.05) is 42.5 Å². The van der Waals surface area contributed by atoms with Gasteiger partial charge in [0, 0.05) is 12.6 Å². The van der Waals surface area contributed by atoms with Gasteiger partial charge in [-0.3, -0.25) is 14.9 Å². The summed E-state index contributed by atoms with van der Waals surface area (Å²) in [7, 11) is 0. The Morgan fingerprint density at radius 2 is 1.74 bits per heavy atom. The van der Waals surface area contributed by atoms with Gasteiger partial charge < -0.3 is 10.0 Å². The van der Waals surface area contributed by atoms with Gasteiger partial charge in [-0.05, 0) is 11.6 Å². The van der Waals surface area contributed by atoms with Crippen molar-refractivity contribution in [3.8, 4) is 0 Å². The fraction of sp³-hybridized carbons (Fsp3) is 0.118. The van der Waals surface area contributed by atoms with Gasteiger partial charge in [0.25, 0.3) is 11.6 Å². The van der Waals surface area contributed by atoms with Crippen LogP contribution in [-0.2, 0) is 11.3 Å². The molecular formula is C17H14N2O4. The molecule has 1 aliphatic heterocycles. The molecule has 0 aromatic heterocycles. The van der Waals surface area contributed by atoms with Crippen LogP contribution < -0.4 is 0 Å². The van der Waals surface area contributed by atoms with Crippen LogP contribution in [-0.4, -0.2) is 27.4 Å². The molecule has 0 spiro atoms. The average Bonchev–Trinajstić information content (AvgIpc) is 2.82. The number of hydrogen-bond donors (Lipinski definition) is 1. The molecule has 0 radical (unpaired) electrons. The van der Waals surface area contributed by atoms with E-state index in [-0.39, 0.29) is 29.1 Å². The minimum absolute atomic E-state index is 0.00762. The molecule has 2 aromatic rings. The maximum Gasteiger partial charge on any atom is 0.277 e. The second kappa shape index (κ2) is 5.92. The molecule has 2 aromatic carbocycles. The number of carbonyl (C=O) groups is 1. The van der Waals surface area contributed by atoms with Crippen molar-refractivity contribution in [1.29, 1.82) is 0 Å². The highest BCUT2D eigenvalue weighted by Crippen LogP contribution is 2.33. The molecule has 0 saturated heterocycles. The summed E-state index contributed by atoms with van der Waals surface area (Å²) in [6, 6.07) is 15.3. The molecule has 1 aliphatic rings. The number of rotatable bonds is 4. The molecule has 1 N–H and O–H groups in total. The first-order valence-electron chi connectivity index (χ1n) is 7.07. The van der Waals surface area contributed by atoms with Crippen LogP contribution >= 0.6 is 0 Å². The molecule has 6 heteroatoms. The molecule has 0 unspecified atom stereocenters. The molecule has 0 saturated carbocycles. The number of nitro benzene ring substituents is 1. The first kappa shape index (κ1) is 14.8. The molecule has 1 heterocycles. The van der Waals surface area contributed by atoms with Gasteiger partial charge in [-0.2, -0.15) is 0 Å². The standard InChI is InChI=1S/C17H14N2O4/c20-15-11-18(10-12-6-2-1-3-7-12)17(21)16(15)13-8-4-5-9-14(13)19(22)23/h1-9,20H,10-11H2. The Morgan fingerprint density at radius 3 is 2.43 bits per heavy atom. The molecule has 116 valence electrons. The Labute approximate surface area is 132 Å². The minimum Gasteiger partial charge on any atom is -0.510 e. The average molecular weight is 310 g/mol. The molecular weight excluding hydrogens is 296 g/mol. The highest BCUT2D eigenvalue weighted by atomic mass is 16.6. The SMILES string of the molecule is O=C1C(c2ccccc2[N+](=O)[O-])=C(O)CN1Cc1ccccc1. The third kappa shape index (κ3) is 2.78. The summed E-state index contributed by atoms with van der Waals surface area (Å²) in [6.45, 7) is 0.392. The first-order chi connectivity index (χ1) is 11.1. The van der Waals surface area contributed by atoms with Gasteiger partial charge in [0.2, 0.25) is 0 Å². The van der Waals surface area contributed by atoms with Crippen LogP contribution in [0.2, 0.25) is 0 Å². The number of carbonyl (C=O) groups excluding carboxylic acids is 1. The van der Waals surface area contributed by atoms with Crippen LogP contribution in [0, 0.1) is 10.1 Å². The summed E-state index contributed by atoms with van der Waals surface area (Å²) in [6.07, 6.45) is 0. The van der Waals surface area contributed by atoms with E-state index in [2.05, 4.69) is 0 Å². The van der Waals surface area contributed by atoms with Gasteiger partial charge in [-0.25, -0.2) is 0 Å². The third-order valence-electron chi connectivity index (χ3n) is 3.72. The fourth-order valence-corrected chi connectivity index (χ4v) is 2.66. The lowest BCUT2D eigenvalue weighted by Crippen LogP contribution is -2.26. The third-order valence-corrected chi connectivity index (χ3v) is 3.72. The monoisotopic (exact) mass is 310 g/mol. The van der Waals surface area contributed by atoms with E-state index in [4.69, 9.17) is 0 Å². The lowest BCUT2D eigenvalue weighted by molar-refractivity contribution is -0.385. The van der Waals surface area contributed by atoms with E-state index in [0.717, 1.165) is 5.56 Å². The van der Waals surface area contributed by atoms with Crippen molar-refractivity contribution in [2.24, 2.45) is 0 Å². The van der Waals surface area contributed by atoms with Crippen LogP contribution in [0.5, 0.6) is 0 Å². The second-order valence-electron chi connectivity index (χ2n) is 5.24. The van der Waals surface area contributed by atoms with Crippen molar-refractivity contribution in [2.45, 2.75) is 6.54 Å². The van der Waals surface area contributed by atoms with Crippen LogP contribution in [0.1, 0.15) is 11.1 Å². The number of nitro groups is 1. The van der Waals surface area contributed by atoms with E-state index in [1.807, 2.05) is 30.3 Å². The number of aliphatic hydroxyl groups excluding tert-OH is 1. The predicted molar refractivity (Wildman–Crippen MR) is 84.5 cm³/mol. The predicted octanol–water partition coefficient (Wildman–Crippen LogP) is 2.91. The smallest absolute Gasteiger partial charge is 0.277 e. The van der Waals surface area contributed by atoms with Crippen molar-refractivity contribution in [3.05, 3.63) is 81.6 Å². The van der Waals surface area contributed by atoms with Crippen molar-refractivity contribution in [1.82, 2.24) is 4.90 Å². The Hall–Kier alpha value is -3.15. The normalized spacial score (nSPS) is 14.4. The van der Waals surface area contributed by atoms with Gasteiger partial charge in [0.05, 0.1) is 22.6 Å². The molecule has 0 aliphatic carbocycles. The van der Waals surface area contributed by atoms with E-state index in [1.165, 1.54) is 23.1 Å². The summed E-state index contributed by atoms with van der Waals surface area (Å²) < 4.78 is 0. The van der Waals surface area contributed by atoms with Gasteiger partial charge >= 0.3 is 0 Å². The van der Waals surface area contributed by atoms with E-state index in [9.17, 15) is 20.0 Å². The molecule has 0 bridgehead atoms. The Balaban J connectivity index is 1.91. The number of benzene rings is 2. The van der Waals surface area contributed by atoms with Crippen LogP contribution in [0.15, 0.2) is 60.4 Å². The fourth-order valence-electron chi connectivity index (χ4n) is 2.66. The largest absolute Gasteiger partial charge is 0.510 e. The Morgan fingerprint density at radius 1 is 1.09 bits per heavy atom. The maximum absolute atomic E-state index is 12.6. The molecule has 0 atom stereocenters. The molecule has 3 rings (SSSR count). The summed E-state index contributed by atoms with van der Waals surface area (Å²) in [4.78, 5) is 24.6. The first-order valence-corrected chi connectivity index (χ1v) is 7.07. The Kier molecular flexibility index (Phi) is 3.80. The molecule has 1 amide bonds. The quantitative estimate of drug-likeness (QED) is 0.695. The van der Waals surface area contributed by atoms with Gasteiger partial charge in [-0.15, -0.1) is 0 Å². The highest BCUT2D eigenvalue weighted by molar-refractivity contribution is 6.23. The summed E-state index contributed by atoms with van der Waals surface area (Å²) in [5.74, 6) is -0.541. The van der Waals surface area contributed by atoms with Gasteiger partial charge in [0.15, 0.2) is 0 Å². The lowest BCUT2D eigenvalue weighted by atomic mass is 10.0. The maximum atomic E-state index is 12.6. The van der Waals surface area contributed by atoms with Crippen LogP contribution in [0.4, 0.5) is 5.69 Å². The molecule has 23 heavy (non-hydrogen) atoms. The number of para-hydroxylation sites is 1. The van der Waals surface area contributed by atoms with E-state index >= 15 is 0 Å². The zero-order valence-corrected chi connectivity index (χ0v) is 12.2. The van der Waals surface area contributed by atoms with E-state index < -0.39 is 10.8 Å². The van der Waals surface area contributed by atoms with Crippen molar-refractivity contribution in [3.63, 3.8) is 0 Å². The topological polar surface area (TPSA) is 83.7 Å². The van der Waals surface area contributed by atoms with E-state index in [0.29, 0.717) is 6.54 Å². The zero-order chi connectivity index (χ0) is 16.4. The number of hydrogen-bond acceptors (Lipinski definition) is 4. The summed E-state index contributed by atoms with van der Waals surface area (Å²) in [5.41, 5.74) is 0.894. The summed E-state index contributed by atoms with van der Waals surface area (Å²) >= 11 is 0. The summed E-state index contributed by atoms with van der Waals surface area (Å²) in [5, 5.41) is 21.3. The highest BCUT2D eigenvalue weighted by Gasteiger charge is 2.34. The van der Waals surface area contributed by atoms with Crippen molar-refractivity contribution in [2.75, 3.05) is 6.54 Å². The van der Waals surface area contributed by atoms with Crippen molar-refractivity contribution >= 4 is 17.2 Å². The lowest BCUT2D eigenvalue weighted by Gasteiger charge is -2.16. The van der Waals surface area contributed by atoms with E-state index in [1.54, 1.807) is 6.07 Å². The zero-order valence-electron chi connectivity index (χ0n) is 12.2. The minimum atomic E-state index is -0.553. The Bertz CT molecular complexity index is 799.